The summed E-state index contributed by atoms with van der Waals surface area (Å²) in [4.78, 5) is 10.6. The number of hydrogen-bond acceptors (Lipinski definition) is 5. The van der Waals surface area contributed by atoms with Crippen LogP contribution in [0.25, 0.3) is 5.69 Å². The Balaban J connectivity index is 2.43. The smallest absolute Gasteiger partial charge is 0.313 e. The van der Waals surface area contributed by atoms with Gasteiger partial charge >= 0.3 is 5.97 Å². The quantitative estimate of drug-likeness (QED) is 0.826. The van der Waals surface area contributed by atoms with Crippen molar-refractivity contribution in [3.63, 3.8) is 0 Å². The topological polar surface area (TPSA) is 94.0 Å². The molecule has 0 spiro atoms. The largest absolute Gasteiger partial charge is 0.481 e. The van der Waals surface area contributed by atoms with E-state index in [1.165, 1.54) is 0 Å². The Hall–Kier alpha value is -2.02. The van der Waals surface area contributed by atoms with Crippen molar-refractivity contribution in [2.75, 3.05) is 11.5 Å². The Morgan fingerprint density at radius 1 is 1.32 bits per heavy atom. The molecule has 0 amide bonds. The molecule has 7 heteroatoms. The van der Waals surface area contributed by atoms with Gasteiger partial charge in [-0.25, -0.2) is 0 Å². The number of benzene rings is 1. The third-order valence-corrected chi connectivity index (χ3v) is 3.36. The van der Waals surface area contributed by atoms with Crippen LogP contribution in [0.1, 0.15) is 11.1 Å². The number of nitrogens with zero attached hydrogens (tertiary/aromatic N) is 3. The summed E-state index contributed by atoms with van der Waals surface area (Å²) < 4.78 is 1.66. The van der Waals surface area contributed by atoms with Crippen molar-refractivity contribution in [1.82, 2.24) is 14.8 Å². The Labute approximate surface area is 114 Å². The lowest BCUT2D eigenvalue weighted by atomic mass is 10.1. The van der Waals surface area contributed by atoms with Crippen LogP contribution in [0.5, 0.6) is 0 Å². The maximum Gasteiger partial charge on any atom is 0.313 e. The molecule has 2 rings (SSSR count). The fourth-order valence-electron chi connectivity index (χ4n) is 1.82. The second-order valence-electron chi connectivity index (χ2n) is 4.20. The predicted molar refractivity (Wildman–Crippen MR) is 73.6 cm³/mol. The molecule has 0 bridgehead atoms. The molecule has 0 atom stereocenters. The molecule has 0 saturated carbocycles. The number of carboxylic acid groups (broad SMARTS) is 1. The van der Waals surface area contributed by atoms with Gasteiger partial charge in [0.1, 0.15) is 0 Å². The first-order valence-corrected chi connectivity index (χ1v) is 6.60. The van der Waals surface area contributed by atoms with Gasteiger partial charge in [0.2, 0.25) is 5.95 Å². The first kappa shape index (κ1) is 13.4. The second-order valence-corrected chi connectivity index (χ2v) is 5.15. The maximum absolute atomic E-state index is 10.6. The molecule has 0 aliphatic rings. The number of hydrogen-bond donors (Lipinski definition) is 2. The molecule has 0 aliphatic heterocycles. The number of aliphatic carboxylic acids is 1. The van der Waals surface area contributed by atoms with Crippen molar-refractivity contribution < 1.29 is 9.90 Å². The fourth-order valence-corrected chi connectivity index (χ4v) is 2.50. The van der Waals surface area contributed by atoms with Gasteiger partial charge < -0.3 is 10.8 Å². The molecular weight excluding hydrogens is 264 g/mol. The van der Waals surface area contributed by atoms with E-state index in [1.54, 1.807) is 4.57 Å². The van der Waals surface area contributed by atoms with Gasteiger partial charge in [-0.05, 0) is 37.1 Å². The summed E-state index contributed by atoms with van der Waals surface area (Å²) in [5.74, 6) is -0.737. The van der Waals surface area contributed by atoms with Gasteiger partial charge in [0.05, 0.1) is 11.4 Å². The number of rotatable bonds is 4. The minimum atomic E-state index is -0.904. The second kappa shape index (κ2) is 5.31. The van der Waals surface area contributed by atoms with Crippen molar-refractivity contribution in [3.8, 4) is 5.69 Å². The Morgan fingerprint density at radius 2 is 1.95 bits per heavy atom. The lowest BCUT2D eigenvalue weighted by molar-refractivity contribution is -0.133. The fraction of sp³-hybridized carbons (Fsp3) is 0.250. The highest BCUT2D eigenvalue weighted by atomic mass is 32.2. The van der Waals surface area contributed by atoms with Crippen molar-refractivity contribution in [3.05, 3.63) is 29.3 Å². The average Bonchev–Trinajstić information content (AvgIpc) is 2.66. The van der Waals surface area contributed by atoms with Crippen LogP contribution in [0.4, 0.5) is 5.95 Å². The summed E-state index contributed by atoms with van der Waals surface area (Å²) in [5, 5.41) is 16.9. The third-order valence-electron chi connectivity index (χ3n) is 2.45. The molecule has 0 saturated heterocycles. The van der Waals surface area contributed by atoms with Crippen molar-refractivity contribution in [2.45, 2.75) is 19.0 Å². The molecule has 6 nitrogen and oxygen atoms in total. The lowest BCUT2D eigenvalue weighted by Gasteiger charge is -2.09. The minimum absolute atomic E-state index is 0.0804. The lowest BCUT2D eigenvalue weighted by Crippen LogP contribution is -2.05. The van der Waals surface area contributed by atoms with Crippen LogP contribution in [0, 0.1) is 13.8 Å². The zero-order valence-electron chi connectivity index (χ0n) is 10.6. The normalized spacial score (nSPS) is 10.6. The zero-order valence-corrected chi connectivity index (χ0v) is 11.4. The van der Waals surface area contributed by atoms with Gasteiger partial charge in [-0.15, -0.1) is 10.2 Å². The van der Waals surface area contributed by atoms with Crippen LogP contribution in [-0.4, -0.2) is 31.6 Å². The highest BCUT2D eigenvalue weighted by Gasteiger charge is 2.14. The van der Waals surface area contributed by atoms with Gasteiger partial charge in [0.15, 0.2) is 5.16 Å². The number of nitrogen functional groups attached to an aromatic ring is 1. The van der Waals surface area contributed by atoms with Gasteiger partial charge in [0.25, 0.3) is 0 Å². The Morgan fingerprint density at radius 3 is 2.53 bits per heavy atom. The van der Waals surface area contributed by atoms with E-state index in [0.29, 0.717) is 5.16 Å². The highest BCUT2D eigenvalue weighted by molar-refractivity contribution is 7.99. The van der Waals surface area contributed by atoms with E-state index in [0.717, 1.165) is 28.6 Å². The molecule has 3 N–H and O–H groups in total. The van der Waals surface area contributed by atoms with Crippen LogP contribution in [0.15, 0.2) is 23.4 Å². The van der Waals surface area contributed by atoms with E-state index in [-0.39, 0.29) is 11.7 Å². The minimum Gasteiger partial charge on any atom is -0.481 e. The van der Waals surface area contributed by atoms with Crippen LogP contribution in [-0.2, 0) is 4.79 Å². The van der Waals surface area contributed by atoms with Crippen molar-refractivity contribution in [1.29, 1.82) is 0 Å². The van der Waals surface area contributed by atoms with Gasteiger partial charge in [-0.3, -0.25) is 9.36 Å². The van der Waals surface area contributed by atoms with Gasteiger partial charge in [-0.2, -0.15) is 0 Å². The zero-order chi connectivity index (χ0) is 14.0. The molecular formula is C12H14N4O2S. The van der Waals surface area contributed by atoms with Crippen LogP contribution >= 0.6 is 11.8 Å². The molecule has 1 heterocycles. The van der Waals surface area contributed by atoms with Crippen molar-refractivity contribution in [2.24, 2.45) is 0 Å². The van der Waals surface area contributed by atoms with E-state index < -0.39 is 5.97 Å². The molecule has 0 fully saturated rings. The summed E-state index contributed by atoms with van der Waals surface area (Å²) >= 11 is 1.09. The number of nitrogens with two attached hydrogens (primary N) is 1. The molecule has 1 aromatic carbocycles. The number of aryl methyl sites for hydroxylation is 2. The molecule has 100 valence electrons. The highest BCUT2D eigenvalue weighted by Crippen LogP contribution is 2.24. The molecule has 19 heavy (non-hydrogen) atoms. The molecule has 1 aromatic heterocycles. The molecule has 0 aliphatic carbocycles. The first-order valence-electron chi connectivity index (χ1n) is 5.61. The SMILES string of the molecule is Cc1cc(C)cc(-n2c(N)nnc2SCC(=O)O)c1. The van der Waals surface area contributed by atoms with Gasteiger partial charge in [-0.1, -0.05) is 17.8 Å². The number of aromatic nitrogens is 3. The van der Waals surface area contributed by atoms with Crippen LogP contribution < -0.4 is 5.73 Å². The predicted octanol–water partition coefficient (Wildman–Crippen LogP) is 1.64. The Bertz CT molecular complexity index is 604. The monoisotopic (exact) mass is 278 g/mol. The summed E-state index contributed by atoms with van der Waals surface area (Å²) in [7, 11) is 0. The van der Waals surface area contributed by atoms with Gasteiger partial charge in [0, 0.05) is 0 Å². The van der Waals surface area contributed by atoms with E-state index in [1.807, 2.05) is 32.0 Å². The number of carbonyl (C=O) groups is 1. The van der Waals surface area contributed by atoms with E-state index in [9.17, 15) is 4.79 Å². The van der Waals surface area contributed by atoms with E-state index in [2.05, 4.69) is 10.2 Å². The first-order chi connectivity index (χ1) is 8.97. The number of thioether (sulfide) groups is 1. The standard InChI is InChI=1S/C12H14N4O2S/c1-7-3-8(2)5-9(4-7)16-11(13)14-15-12(16)19-6-10(17)18/h3-5H,6H2,1-2H3,(H2,13,14)(H,17,18). The van der Waals surface area contributed by atoms with Crippen LogP contribution in [0.3, 0.4) is 0 Å². The Kier molecular flexibility index (Phi) is 3.75. The summed E-state index contributed by atoms with van der Waals surface area (Å²) in [6.45, 7) is 3.97. The van der Waals surface area contributed by atoms with E-state index >= 15 is 0 Å². The third kappa shape index (κ3) is 3.05. The summed E-state index contributed by atoms with van der Waals surface area (Å²) in [5.41, 5.74) is 8.84. The van der Waals surface area contributed by atoms with Crippen LogP contribution in [0.2, 0.25) is 0 Å². The number of carboxylic acids is 1. The van der Waals surface area contributed by atoms with Crippen molar-refractivity contribution >= 4 is 23.7 Å². The molecule has 2 aromatic rings. The number of anilines is 1. The summed E-state index contributed by atoms with van der Waals surface area (Å²) in [6.07, 6.45) is 0. The van der Waals surface area contributed by atoms with E-state index in [4.69, 9.17) is 10.8 Å². The molecule has 0 radical (unpaired) electrons. The molecule has 0 unspecified atom stereocenters. The average molecular weight is 278 g/mol. The maximum atomic E-state index is 10.6. The summed E-state index contributed by atoms with van der Waals surface area (Å²) in [6, 6.07) is 5.96.